The van der Waals surface area contributed by atoms with Gasteiger partial charge in [0.25, 0.3) is 0 Å². The van der Waals surface area contributed by atoms with Crippen LogP contribution in [0.3, 0.4) is 0 Å². The molecule has 0 saturated heterocycles. The Labute approximate surface area is 76.7 Å². The van der Waals surface area contributed by atoms with Gasteiger partial charge in [-0.2, -0.15) is 0 Å². The van der Waals surface area contributed by atoms with Crippen LogP contribution in [0.4, 0.5) is 0 Å². The van der Waals surface area contributed by atoms with Crippen molar-refractivity contribution in [2.24, 2.45) is 0 Å². The molecule has 0 aromatic heterocycles. The molecule has 0 rings (SSSR count). The monoisotopic (exact) mass is 164 g/mol. The van der Waals surface area contributed by atoms with Crippen LogP contribution in [0.2, 0.25) is 0 Å². The van der Waals surface area contributed by atoms with E-state index < -0.39 is 0 Å². The van der Waals surface area contributed by atoms with Gasteiger partial charge in [-0.3, -0.25) is 0 Å². The van der Waals surface area contributed by atoms with Crippen molar-refractivity contribution in [1.82, 2.24) is 0 Å². The SMILES string of the molecule is C=CC(=CC=CCC)CCCC. The summed E-state index contributed by atoms with van der Waals surface area (Å²) in [5, 5.41) is 0. The van der Waals surface area contributed by atoms with Gasteiger partial charge in [-0.1, -0.05) is 51.2 Å². The van der Waals surface area contributed by atoms with Gasteiger partial charge in [0, 0.05) is 0 Å². The second kappa shape index (κ2) is 8.32. The van der Waals surface area contributed by atoms with Crippen molar-refractivity contribution in [3.63, 3.8) is 0 Å². The summed E-state index contributed by atoms with van der Waals surface area (Å²) in [5.74, 6) is 0. The summed E-state index contributed by atoms with van der Waals surface area (Å²) in [7, 11) is 0. The molecular weight excluding hydrogens is 144 g/mol. The fourth-order valence-electron chi connectivity index (χ4n) is 0.962. The lowest BCUT2D eigenvalue weighted by molar-refractivity contribution is 0.798. The van der Waals surface area contributed by atoms with Crippen LogP contribution >= 0.6 is 0 Å². The molecule has 0 aliphatic rings. The van der Waals surface area contributed by atoms with Gasteiger partial charge in [-0.15, -0.1) is 0 Å². The first-order chi connectivity index (χ1) is 5.85. The molecule has 0 aromatic rings. The average Bonchev–Trinajstić information content (AvgIpc) is 2.11. The summed E-state index contributed by atoms with van der Waals surface area (Å²) in [4.78, 5) is 0. The van der Waals surface area contributed by atoms with E-state index >= 15 is 0 Å². The highest BCUT2D eigenvalue weighted by atomic mass is 13.9. The highest BCUT2D eigenvalue weighted by Crippen LogP contribution is 2.08. The van der Waals surface area contributed by atoms with E-state index in [9.17, 15) is 0 Å². The Morgan fingerprint density at radius 3 is 2.58 bits per heavy atom. The minimum Gasteiger partial charge on any atom is -0.0988 e. The molecule has 12 heavy (non-hydrogen) atoms. The van der Waals surface area contributed by atoms with E-state index in [1.54, 1.807) is 0 Å². The molecular formula is C12H20. The van der Waals surface area contributed by atoms with Gasteiger partial charge in [0.05, 0.1) is 0 Å². The molecule has 0 bridgehead atoms. The second-order valence-corrected chi connectivity index (χ2v) is 2.89. The number of hydrogen-bond acceptors (Lipinski definition) is 0. The molecule has 0 atom stereocenters. The molecule has 0 spiro atoms. The minimum absolute atomic E-state index is 1.11. The van der Waals surface area contributed by atoms with Crippen LogP contribution in [0.1, 0.15) is 39.5 Å². The lowest BCUT2D eigenvalue weighted by Crippen LogP contribution is -1.77. The zero-order chi connectivity index (χ0) is 9.23. The molecule has 0 aromatic carbocycles. The molecule has 0 fully saturated rings. The van der Waals surface area contributed by atoms with E-state index in [0.717, 1.165) is 12.8 Å². The van der Waals surface area contributed by atoms with Crippen molar-refractivity contribution in [3.8, 4) is 0 Å². The van der Waals surface area contributed by atoms with Crippen LogP contribution in [-0.2, 0) is 0 Å². The first kappa shape index (κ1) is 11.2. The topological polar surface area (TPSA) is 0 Å². The number of allylic oxidation sites excluding steroid dienone is 5. The fourth-order valence-corrected chi connectivity index (χ4v) is 0.962. The zero-order valence-electron chi connectivity index (χ0n) is 8.34. The molecule has 0 radical (unpaired) electrons. The smallest absolute Gasteiger partial charge is 0.0279 e. The van der Waals surface area contributed by atoms with Crippen molar-refractivity contribution < 1.29 is 0 Å². The van der Waals surface area contributed by atoms with E-state index in [4.69, 9.17) is 0 Å². The summed E-state index contributed by atoms with van der Waals surface area (Å²) in [6.07, 6.45) is 13.2. The van der Waals surface area contributed by atoms with Gasteiger partial charge in [0.15, 0.2) is 0 Å². The summed E-state index contributed by atoms with van der Waals surface area (Å²) in [6.45, 7) is 8.14. The van der Waals surface area contributed by atoms with Gasteiger partial charge in [-0.05, 0) is 24.8 Å². The van der Waals surface area contributed by atoms with Crippen molar-refractivity contribution >= 4 is 0 Å². The molecule has 0 heterocycles. The first-order valence-electron chi connectivity index (χ1n) is 4.83. The number of hydrogen-bond donors (Lipinski definition) is 0. The largest absolute Gasteiger partial charge is 0.0988 e. The van der Waals surface area contributed by atoms with Crippen LogP contribution in [-0.4, -0.2) is 0 Å². The summed E-state index contributed by atoms with van der Waals surface area (Å²) in [5.41, 5.74) is 1.35. The third kappa shape index (κ3) is 5.96. The normalized spacial score (nSPS) is 12.3. The minimum atomic E-state index is 1.11. The van der Waals surface area contributed by atoms with E-state index in [1.807, 2.05) is 6.08 Å². The van der Waals surface area contributed by atoms with Crippen LogP contribution < -0.4 is 0 Å². The summed E-state index contributed by atoms with van der Waals surface area (Å²) in [6, 6.07) is 0. The first-order valence-corrected chi connectivity index (χ1v) is 4.83. The Morgan fingerprint density at radius 2 is 2.08 bits per heavy atom. The highest BCUT2D eigenvalue weighted by molar-refractivity contribution is 5.21. The van der Waals surface area contributed by atoms with Crippen LogP contribution in [0, 0.1) is 0 Å². The second-order valence-electron chi connectivity index (χ2n) is 2.89. The van der Waals surface area contributed by atoms with E-state index in [2.05, 4.69) is 38.7 Å². The predicted molar refractivity (Wildman–Crippen MR) is 57.2 cm³/mol. The van der Waals surface area contributed by atoms with Crippen molar-refractivity contribution in [2.75, 3.05) is 0 Å². The number of rotatable bonds is 6. The average molecular weight is 164 g/mol. The maximum Gasteiger partial charge on any atom is -0.0279 e. The molecule has 0 heteroatoms. The van der Waals surface area contributed by atoms with E-state index in [-0.39, 0.29) is 0 Å². The van der Waals surface area contributed by atoms with Crippen LogP contribution in [0.15, 0.2) is 36.5 Å². The standard InChI is InChI=1S/C12H20/c1-4-7-9-11-12(6-3)10-8-5-2/h6-7,9,11H,3-5,8,10H2,1-2H3. The zero-order valence-corrected chi connectivity index (χ0v) is 8.34. The summed E-state index contributed by atoms with van der Waals surface area (Å²) < 4.78 is 0. The molecule has 68 valence electrons. The molecule has 0 aliphatic carbocycles. The molecule has 0 saturated carbocycles. The van der Waals surface area contributed by atoms with Gasteiger partial charge < -0.3 is 0 Å². The van der Waals surface area contributed by atoms with Crippen molar-refractivity contribution in [3.05, 3.63) is 36.5 Å². The lowest BCUT2D eigenvalue weighted by Gasteiger charge is -1.97. The predicted octanol–water partition coefficient (Wildman–Crippen LogP) is 4.26. The quantitative estimate of drug-likeness (QED) is 0.515. The Kier molecular flexibility index (Phi) is 7.78. The van der Waals surface area contributed by atoms with Crippen molar-refractivity contribution in [1.29, 1.82) is 0 Å². The van der Waals surface area contributed by atoms with Crippen molar-refractivity contribution in [2.45, 2.75) is 39.5 Å². The maximum atomic E-state index is 3.79. The van der Waals surface area contributed by atoms with Gasteiger partial charge >= 0.3 is 0 Å². The van der Waals surface area contributed by atoms with E-state index in [1.165, 1.54) is 18.4 Å². The van der Waals surface area contributed by atoms with E-state index in [0.29, 0.717) is 0 Å². The highest BCUT2D eigenvalue weighted by Gasteiger charge is 1.88. The lowest BCUT2D eigenvalue weighted by atomic mass is 10.1. The van der Waals surface area contributed by atoms with Crippen LogP contribution in [0.5, 0.6) is 0 Å². The molecule has 0 unspecified atom stereocenters. The number of unbranched alkanes of at least 4 members (excludes halogenated alkanes) is 1. The van der Waals surface area contributed by atoms with Crippen LogP contribution in [0.25, 0.3) is 0 Å². The third-order valence-corrected chi connectivity index (χ3v) is 1.76. The maximum absolute atomic E-state index is 3.79. The van der Waals surface area contributed by atoms with Gasteiger partial charge in [-0.25, -0.2) is 0 Å². The molecule has 0 N–H and O–H groups in total. The molecule has 0 aliphatic heterocycles. The summed E-state index contributed by atoms with van der Waals surface area (Å²) >= 11 is 0. The Bertz CT molecular complexity index is 161. The molecule has 0 nitrogen and oxygen atoms in total. The Morgan fingerprint density at radius 1 is 1.33 bits per heavy atom. The Hall–Kier alpha value is -0.780. The van der Waals surface area contributed by atoms with Gasteiger partial charge in [0.1, 0.15) is 0 Å². The molecule has 0 amide bonds. The Balaban J connectivity index is 3.86. The third-order valence-electron chi connectivity index (χ3n) is 1.76. The van der Waals surface area contributed by atoms with Gasteiger partial charge in [0.2, 0.25) is 0 Å². The fraction of sp³-hybridized carbons (Fsp3) is 0.500.